The number of carboxylic acids is 1. The monoisotopic (exact) mass is 402 g/mol. The van der Waals surface area contributed by atoms with E-state index in [0.717, 1.165) is 32.1 Å². The van der Waals surface area contributed by atoms with E-state index in [4.69, 9.17) is 16.7 Å². The summed E-state index contributed by atoms with van der Waals surface area (Å²) in [5.74, 6) is -0.565. The number of Topliss-reactive ketones (excluding diaryl/α,β-unsaturated/α-hetero) is 1. The van der Waals surface area contributed by atoms with Crippen LogP contribution in [0.4, 0.5) is 0 Å². The van der Waals surface area contributed by atoms with Crippen molar-refractivity contribution in [2.45, 2.75) is 89.3 Å². The van der Waals surface area contributed by atoms with Gasteiger partial charge in [-0.25, -0.2) is 0 Å². The molecule has 0 aromatic rings. The van der Waals surface area contributed by atoms with Crippen LogP contribution >= 0.6 is 11.6 Å². The first-order valence-electron chi connectivity index (χ1n) is 10.2. The first-order chi connectivity index (χ1) is 12.8. The van der Waals surface area contributed by atoms with Gasteiger partial charge < -0.3 is 15.3 Å². The van der Waals surface area contributed by atoms with Gasteiger partial charge in [-0.15, -0.1) is 11.6 Å². The van der Waals surface area contributed by atoms with E-state index in [1.807, 2.05) is 13.0 Å². The fourth-order valence-electron chi connectivity index (χ4n) is 3.78. The van der Waals surface area contributed by atoms with Gasteiger partial charge in [0.15, 0.2) is 0 Å². The number of ketones is 1. The number of rotatable bonds is 14. The van der Waals surface area contributed by atoms with Crippen LogP contribution in [0, 0.1) is 11.8 Å². The van der Waals surface area contributed by atoms with Crippen LogP contribution in [0.5, 0.6) is 0 Å². The van der Waals surface area contributed by atoms with Crippen LogP contribution < -0.4 is 0 Å². The van der Waals surface area contributed by atoms with Crippen molar-refractivity contribution in [3.8, 4) is 0 Å². The highest BCUT2D eigenvalue weighted by Gasteiger charge is 2.39. The Labute approximate surface area is 167 Å². The van der Waals surface area contributed by atoms with Crippen LogP contribution in [0.25, 0.3) is 0 Å². The third kappa shape index (κ3) is 8.75. The van der Waals surface area contributed by atoms with E-state index >= 15 is 0 Å². The Balaban J connectivity index is 2.56. The number of halogens is 1. The molecule has 0 heterocycles. The molecule has 0 saturated heterocycles. The minimum Gasteiger partial charge on any atom is -0.481 e. The highest BCUT2D eigenvalue weighted by molar-refractivity contribution is 6.17. The molecule has 1 saturated carbocycles. The zero-order chi connectivity index (χ0) is 20.3. The normalized spacial score (nSPS) is 25.2. The molecular formula is C21H35ClO5. The topological polar surface area (TPSA) is 94.8 Å². The van der Waals surface area contributed by atoms with Gasteiger partial charge in [0.1, 0.15) is 5.78 Å². The van der Waals surface area contributed by atoms with Gasteiger partial charge in [-0.05, 0) is 38.5 Å². The van der Waals surface area contributed by atoms with E-state index in [9.17, 15) is 19.8 Å². The Morgan fingerprint density at radius 1 is 1.22 bits per heavy atom. The number of unbranched alkanes of at least 4 members (excludes halogenated alkanes) is 4. The van der Waals surface area contributed by atoms with E-state index in [2.05, 4.69) is 0 Å². The average molecular weight is 403 g/mol. The summed E-state index contributed by atoms with van der Waals surface area (Å²) >= 11 is 5.70. The van der Waals surface area contributed by atoms with Gasteiger partial charge in [0.05, 0.1) is 11.7 Å². The van der Waals surface area contributed by atoms with E-state index in [1.54, 1.807) is 6.08 Å². The Morgan fingerprint density at radius 2 is 1.93 bits per heavy atom. The molecule has 0 aliphatic heterocycles. The van der Waals surface area contributed by atoms with Crippen molar-refractivity contribution in [1.82, 2.24) is 0 Å². The molecule has 3 N–H and O–H groups in total. The lowest BCUT2D eigenvalue weighted by molar-refractivity contribution is -0.137. The second-order valence-electron chi connectivity index (χ2n) is 7.73. The third-order valence-corrected chi connectivity index (χ3v) is 5.89. The van der Waals surface area contributed by atoms with Gasteiger partial charge in [-0.3, -0.25) is 9.59 Å². The summed E-state index contributed by atoms with van der Waals surface area (Å²) in [7, 11) is 0. The Morgan fingerprint density at radius 3 is 2.56 bits per heavy atom. The summed E-state index contributed by atoms with van der Waals surface area (Å²) in [6, 6.07) is 0. The highest BCUT2D eigenvalue weighted by Crippen LogP contribution is 2.35. The Bertz CT molecular complexity index is 493. The molecule has 1 aliphatic carbocycles. The lowest BCUT2D eigenvalue weighted by atomic mass is 9.86. The van der Waals surface area contributed by atoms with E-state index in [0.29, 0.717) is 31.6 Å². The molecule has 0 radical (unpaired) electrons. The molecule has 1 unspecified atom stereocenters. The van der Waals surface area contributed by atoms with Crippen LogP contribution in [0.15, 0.2) is 12.2 Å². The second kappa shape index (κ2) is 12.5. The van der Waals surface area contributed by atoms with Gasteiger partial charge in [0, 0.05) is 30.6 Å². The van der Waals surface area contributed by atoms with Gasteiger partial charge in [0.25, 0.3) is 0 Å². The minimum atomic E-state index is -0.918. The van der Waals surface area contributed by atoms with E-state index in [1.165, 1.54) is 0 Å². The number of aliphatic hydroxyl groups excluding tert-OH is 1. The number of carbonyl (C=O) groups excluding carboxylic acids is 1. The molecule has 0 bridgehead atoms. The predicted molar refractivity (Wildman–Crippen MR) is 107 cm³/mol. The molecule has 0 aromatic heterocycles. The molecule has 0 amide bonds. The quantitative estimate of drug-likeness (QED) is 0.231. The number of carboxylic acid groups (broad SMARTS) is 1. The minimum absolute atomic E-state index is 0.0878. The number of aliphatic carboxylic acids is 1. The lowest BCUT2D eigenvalue weighted by Crippen LogP contribution is -2.26. The number of alkyl halides is 1. The molecular weight excluding hydrogens is 368 g/mol. The van der Waals surface area contributed by atoms with Gasteiger partial charge in [-0.1, -0.05) is 38.3 Å². The maximum atomic E-state index is 12.3. The van der Waals surface area contributed by atoms with E-state index in [-0.39, 0.29) is 30.5 Å². The van der Waals surface area contributed by atoms with Crippen LogP contribution in [0.1, 0.15) is 77.6 Å². The highest BCUT2D eigenvalue weighted by atomic mass is 35.5. The van der Waals surface area contributed by atoms with Crippen molar-refractivity contribution < 1.29 is 24.9 Å². The summed E-state index contributed by atoms with van der Waals surface area (Å²) in [5.41, 5.74) is -0.918. The smallest absolute Gasteiger partial charge is 0.303 e. The Kier molecular flexibility index (Phi) is 11.2. The number of carbonyl (C=O) groups is 2. The van der Waals surface area contributed by atoms with Gasteiger partial charge >= 0.3 is 5.97 Å². The largest absolute Gasteiger partial charge is 0.481 e. The van der Waals surface area contributed by atoms with E-state index < -0.39 is 17.7 Å². The average Bonchev–Trinajstić information content (AvgIpc) is 2.89. The molecule has 27 heavy (non-hydrogen) atoms. The molecule has 1 fully saturated rings. The maximum Gasteiger partial charge on any atom is 0.303 e. The zero-order valence-electron chi connectivity index (χ0n) is 16.4. The molecule has 0 spiro atoms. The second-order valence-corrected chi connectivity index (χ2v) is 8.11. The summed E-state index contributed by atoms with van der Waals surface area (Å²) in [4.78, 5) is 22.8. The third-order valence-electron chi connectivity index (χ3n) is 5.62. The van der Waals surface area contributed by atoms with Crippen LogP contribution in [-0.4, -0.2) is 44.7 Å². The first kappa shape index (κ1) is 24.1. The predicted octanol–water partition coefficient (Wildman–Crippen LogP) is 4.08. The summed E-state index contributed by atoms with van der Waals surface area (Å²) in [6.07, 6.45) is 10.1. The number of hydrogen-bond donors (Lipinski definition) is 3. The fraction of sp³-hybridized carbons (Fsp3) is 0.810. The summed E-state index contributed by atoms with van der Waals surface area (Å²) in [5, 5.41) is 29.6. The molecule has 156 valence electrons. The molecule has 6 heteroatoms. The van der Waals surface area contributed by atoms with Crippen LogP contribution in [-0.2, 0) is 9.59 Å². The molecule has 1 aliphatic rings. The van der Waals surface area contributed by atoms with Crippen molar-refractivity contribution in [2.75, 3.05) is 5.88 Å². The van der Waals surface area contributed by atoms with Crippen molar-refractivity contribution in [2.24, 2.45) is 11.8 Å². The van der Waals surface area contributed by atoms with Crippen molar-refractivity contribution in [3.63, 3.8) is 0 Å². The maximum absolute atomic E-state index is 12.3. The first-order valence-corrected chi connectivity index (χ1v) is 10.8. The molecule has 1 rings (SSSR count). The van der Waals surface area contributed by atoms with Crippen LogP contribution in [0.3, 0.4) is 0 Å². The molecule has 4 atom stereocenters. The number of aliphatic hydroxyl groups is 2. The van der Waals surface area contributed by atoms with Crippen molar-refractivity contribution in [3.05, 3.63) is 12.2 Å². The number of hydrogen-bond acceptors (Lipinski definition) is 4. The summed E-state index contributed by atoms with van der Waals surface area (Å²) in [6.45, 7) is 1.93. The summed E-state index contributed by atoms with van der Waals surface area (Å²) < 4.78 is 0. The zero-order valence-corrected chi connectivity index (χ0v) is 17.2. The van der Waals surface area contributed by atoms with Gasteiger partial charge in [-0.2, -0.15) is 0 Å². The molecule has 5 nitrogen and oxygen atoms in total. The van der Waals surface area contributed by atoms with Crippen LogP contribution in [0.2, 0.25) is 0 Å². The SMILES string of the molecule is CCC(O)(C=C[C@H]1[C@H](O)CC(=O)[C@@H]1CCCCCCC(=O)O)CCCCCl. The molecule has 0 aromatic carbocycles. The van der Waals surface area contributed by atoms with Gasteiger partial charge in [0.2, 0.25) is 0 Å². The van der Waals surface area contributed by atoms with Crippen molar-refractivity contribution in [1.29, 1.82) is 0 Å². The fourth-order valence-corrected chi connectivity index (χ4v) is 3.97. The van der Waals surface area contributed by atoms with Crippen molar-refractivity contribution >= 4 is 23.4 Å². The lowest BCUT2D eigenvalue weighted by Gasteiger charge is -2.25. The standard InChI is InChI=1S/C21H35ClO5/c1-2-21(27,12-7-8-14-22)13-11-17-16(18(23)15-19(17)24)9-5-3-4-6-10-20(25)26/h11,13,16-17,19,24,27H,2-10,12,14-15H2,1H3,(H,25,26)/t16-,17-,19-,21?/m1/s1. The Hall–Kier alpha value is -0.910.